The maximum Gasteiger partial charge on any atom is 0.306 e. The monoisotopic (exact) mass is 931 g/mol. The highest BCUT2D eigenvalue weighted by Crippen LogP contribution is 2.17. The third-order valence-electron chi connectivity index (χ3n) is 13.5. The fraction of sp³-hybridized carbons (Fsp3) is 0.917. The molecule has 1 unspecified atom stereocenters. The maximum atomic E-state index is 12.9. The summed E-state index contributed by atoms with van der Waals surface area (Å²) in [6.07, 6.45) is 63.5. The molecule has 0 heterocycles. The van der Waals surface area contributed by atoms with Gasteiger partial charge in [-0.1, -0.05) is 283 Å². The summed E-state index contributed by atoms with van der Waals surface area (Å²) in [5.41, 5.74) is 0. The first kappa shape index (κ1) is 64.2. The second kappa shape index (κ2) is 55.7. The third kappa shape index (κ3) is 53.1. The standard InChI is InChI=1S/C60H114O6/c1-4-7-10-13-16-19-22-24-26-28-30-32-33-35-38-41-44-47-50-53-59(62)65-56-57(55-64-58(61)52-49-46-43-40-37-21-18-15-12-9-6-3)66-60(63)54-51-48-45-42-39-36-34-31-29-27-25-23-20-17-14-11-8-5-2/h28,30,57H,4-27,29,31-56H2,1-3H3/b30-28-. The Balaban J connectivity index is 4.26. The van der Waals surface area contributed by atoms with Gasteiger partial charge in [-0.25, -0.2) is 0 Å². The minimum atomic E-state index is -0.766. The van der Waals surface area contributed by atoms with Crippen molar-refractivity contribution in [3.63, 3.8) is 0 Å². The molecule has 0 radical (unpaired) electrons. The zero-order valence-electron chi connectivity index (χ0n) is 44.7. The summed E-state index contributed by atoms with van der Waals surface area (Å²) in [4.78, 5) is 38.1. The largest absolute Gasteiger partial charge is 0.462 e. The molecule has 390 valence electrons. The number of unbranched alkanes of at least 4 members (excludes halogenated alkanes) is 42. The van der Waals surface area contributed by atoms with Crippen LogP contribution in [0, 0.1) is 0 Å². The van der Waals surface area contributed by atoms with Crippen LogP contribution in [0.5, 0.6) is 0 Å². The van der Waals surface area contributed by atoms with Crippen molar-refractivity contribution in [2.75, 3.05) is 13.2 Å². The van der Waals surface area contributed by atoms with E-state index >= 15 is 0 Å². The van der Waals surface area contributed by atoms with Gasteiger partial charge in [0, 0.05) is 19.3 Å². The molecule has 0 N–H and O–H groups in total. The second-order valence-corrected chi connectivity index (χ2v) is 20.3. The predicted molar refractivity (Wildman–Crippen MR) is 284 cm³/mol. The molecule has 0 aliphatic heterocycles. The van der Waals surface area contributed by atoms with E-state index in [9.17, 15) is 14.4 Å². The van der Waals surface area contributed by atoms with Crippen LogP contribution in [0.2, 0.25) is 0 Å². The Labute approximate surface area is 411 Å². The minimum absolute atomic E-state index is 0.0654. The van der Waals surface area contributed by atoms with Gasteiger partial charge in [0.2, 0.25) is 0 Å². The average molecular weight is 932 g/mol. The molecule has 0 aliphatic carbocycles. The summed E-state index contributed by atoms with van der Waals surface area (Å²) in [7, 11) is 0. The quantitative estimate of drug-likeness (QED) is 0.0262. The van der Waals surface area contributed by atoms with E-state index in [1.165, 1.54) is 238 Å². The summed E-state index contributed by atoms with van der Waals surface area (Å²) in [5.74, 6) is -0.846. The van der Waals surface area contributed by atoms with Crippen molar-refractivity contribution in [2.24, 2.45) is 0 Å². The molecule has 0 fully saturated rings. The number of rotatable bonds is 55. The molecule has 0 rings (SSSR count). The first-order valence-corrected chi connectivity index (χ1v) is 29.7. The van der Waals surface area contributed by atoms with E-state index in [0.29, 0.717) is 19.3 Å². The van der Waals surface area contributed by atoms with Gasteiger partial charge in [0.15, 0.2) is 6.10 Å². The summed E-state index contributed by atoms with van der Waals surface area (Å²) < 4.78 is 16.9. The Bertz CT molecular complexity index is 1020. The number of carbonyl (C=O) groups excluding carboxylic acids is 3. The van der Waals surface area contributed by atoms with Crippen LogP contribution in [0.3, 0.4) is 0 Å². The van der Waals surface area contributed by atoms with E-state index in [1.807, 2.05) is 0 Å². The molecule has 6 nitrogen and oxygen atoms in total. The van der Waals surface area contributed by atoms with E-state index < -0.39 is 6.10 Å². The van der Waals surface area contributed by atoms with Crippen molar-refractivity contribution in [3.8, 4) is 0 Å². The SMILES string of the molecule is CCCCCCCCCC/C=C\CCCCCCCCCC(=O)OCC(COC(=O)CCCCCCCCCCCCC)OC(=O)CCCCCCCCCCCCCCCCCCCC. The van der Waals surface area contributed by atoms with Crippen LogP contribution in [0.15, 0.2) is 12.2 Å². The Morgan fingerprint density at radius 3 is 0.758 bits per heavy atom. The average Bonchev–Trinajstić information content (AvgIpc) is 3.31. The lowest BCUT2D eigenvalue weighted by Gasteiger charge is -2.18. The third-order valence-corrected chi connectivity index (χ3v) is 13.5. The van der Waals surface area contributed by atoms with E-state index in [1.54, 1.807) is 0 Å². The topological polar surface area (TPSA) is 78.9 Å². The second-order valence-electron chi connectivity index (χ2n) is 20.3. The summed E-state index contributed by atoms with van der Waals surface area (Å²) >= 11 is 0. The molecule has 0 aromatic rings. The lowest BCUT2D eigenvalue weighted by atomic mass is 10.0. The van der Waals surface area contributed by atoms with Crippen molar-refractivity contribution in [3.05, 3.63) is 12.2 Å². The fourth-order valence-electron chi connectivity index (χ4n) is 9.03. The minimum Gasteiger partial charge on any atom is -0.462 e. The van der Waals surface area contributed by atoms with Crippen molar-refractivity contribution >= 4 is 17.9 Å². The smallest absolute Gasteiger partial charge is 0.306 e. The number of hydrogen-bond donors (Lipinski definition) is 0. The van der Waals surface area contributed by atoms with E-state index in [-0.39, 0.29) is 31.1 Å². The Kier molecular flexibility index (Phi) is 54.2. The molecule has 0 spiro atoms. The Morgan fingerprint density at radius 1 is 0.288 bits per heavy atom. The zero-order valence-corrected chi connectivity index (χ0v) is 44.7. The fourth-order valence-corrected chi connectivity index (χ4v) is 9.03. The summed E-state index contributed by atoms with van der Waals surface area (Å²) in [5, 5.41) is 0. The van der Waals surface area contributed by atoms with Crippen LogP contribution in [0.25, 0.3) is 0 Å². The number of allylic oxidation sites excluding steroid dienone is 2. The van der Waals surface area contributed by atoms with Crippen LogP contribution in [0.4, 0.5) is 0 Å². The molecule has 6 heteroatoms. The molecule has 0 aromatic heterocycles. The molecule has 0 aliphatic rings. The molecule has 66 heavy (non-hydrogen) atoms. The van der Waals surface area contributed by atoms with Crippen LogP contribution in [-0.4, -0.2) is 37.2 Å². The molecular weight excluding hydrogens is 817 g/mol. The van der Waals surface area contributed by atoms with Gasteiger partial charge < -0.3 is 14.2 Å². The molecule has 0 saturated carbocycles. The van der Waals surface area contributed by atoms with E-state index in [4.69, 9.17) is 14.2 Å². The highest BCUT2D eigenvalue weighted by Gasteiger charge is 2.19. The van der Waals surface area contributed by atoms with E-state index in [0.717, 1.165) is 57.8 Å². The van der Waals surface area contributed by atoms with Crippen LogP contribution >= 0.6 is 0 Å². The van der Waals surface area contributed by atoms with Crippen molar-refractivity contribution < 1.29 is 28.6 Å². The first-order valence-electron chi connectivity index (χ1n) is 29.7. The number of esters is 3. The van der Waals surface area contributed by atoms with Gasteiger partial charge in [-0.3, -0.25) is 14.4 Å². The van der Waals surface area contributed by atoms with Gasteiger partial charge in [0.25, 0.3) is 0 Å². The Morgan fingerprint density at radius 2 is 0.500 bits per heavy atom. The molecule has 0 bridgehead atoms. The summed E-state index contributed by atoms with van der Waals surface area (Å²) in [6.45, 7) is 6.69. The van der Waals surface area contributed by atoms with Crippen molar-refractivity contribution in [1.82, 2.24) is 0 Å². The Hall–Kier alpha value is -1.85. The van der Waals surface area contributed by atoms with Gasteiger partial charge in [-0.15, -0.1) is 0 Å². The highest BCUT2D eigenvalue weighted by atomic mass is 16.6. The maximum absolute atomic E-state index is 12.9. The summed E-state index contributed by atoms with van der Waals surface area (Å²) in [6, 6.07) is 0. The predicted octanol–water partition coefficient (Wildman–Crippen LogP) is 19.7. The molecule has 1 atom stereocenters. The van der Waals surface area contributed by atoms with Crippen LogP contribution in [0.1, 0.15) is 335 Å². The normalized spacial score (nSPS) is 12.0. The van der Waals surface area contributed by atoms with Gasteiger partial charge >= 0.3 is 17.9 Å². The van der Waals surface area contributed by atoms with E-state index in [2.05, 4.69) is 32.9 Å². The molecule has 0 aromatic carbocycles. The van der Waals surface area contributed by atoms with Crippen LogP contribution < -0.4 is 0 Å². The lowest BCUT2D eigenvalue weighted by Crippen LogP contribution is -2.30. The highest BCUT2D eigenvalue weighted by molar-refractivity contribution is 5.71. The molecular formula is C60H114O6. The van der Waals surface area contributed by atoms with Crippen molar-refractivity contribution in [1.29, 1.82) is 0 Å². The molecule has 0 saturated heterocycles. The van der Waals surface area contributed by atoms with Gasteiger partial charge in [-0.05, 0) is 44.9 Å². The van der Waals surface area contributed by atoms with Gasteiger partial charge in [0.1, 0.15) is 13.2 Å². The van der Waals surface area contributed by atoms with Crippen molar-refractivity contribution in [2.45, 2.75) is 341 Å². The van der Waals surface area contributed by atoms with Gasteiger partial charge in [-0.2, -0.15) is 0 Å². The zero-order chi connectivity index (χ0) is 47.9. The van der Waals surface area contributed by atoms with Gasteiger partial charge in [0.05, 0.1) is 0 Å². The lowest BCUT2D eigenvalue weighted by molar-refractivity contribution is -0.167. The first-order chi connectivity index (χ1) is 32.5. The number of carbonyl (C=O) groups is 3. The molecule has 0 amide bonds. The van der Waals surface area contributed by atoms with Crippen LogP contribution in [-0.2, 0) is 28.6 Å². The number of hydrogen-bond acceptors (Lipinski definition) is 6. The number of ether oxygens (including phenoxy) is 3.